The Morgan fingerprint density at radius 3 is 2.56 bits per heavy atom. The summed E-state index contributed by atoms with van der Waals surface area (Å²) in [6.45, 7) is 7.01. The predicted molar refractivity (Wildman–Crippen MR) is 134 cm³/mol. The number of H-pyrrole nitrogens is 1. The second kappa shape index (κ2) is 9.10. The van der Waals surface area contributed by atoms with Crippen LogP contribution in [0.4, 0.5) is 4.79 Å². The number of carbonyl (C=O) groups is 2. The molecule has 7 heteroatoms. The molecule has 1 aromatic carbocycles. The van der Waals surface area contributed by atoms with E-state index < -0.39 is 5.60 Å². The molecule has 1 unspecified atom stereocenters. The number of alkyl carbamates (subject to hydrolysis) is 1. The van der Waals surface area contributed by atoms with E-state index in [9.17, 15) is 9.59 Å². The van der Waals surface area contributed by atoms with Crippen molar-refractivity contribution in [3.63, 3.8) is 0 Å². The van der Waals surface area contributed by atoms with E-state index >= 15 is 0 Å². The Hall–Kier alpha value is -2.21. The molecule has 2 aromatic rings. The zero-order valence-electron chi connectivity index (χ0n) is 20.5. The summed E-state index contributed by atoms with van der Waals surface area (Å²) in [7, 11) is 0. The molecule has 0 saturated heterocycles. The maximum absolute atomic E-state index is 13.7. The molecule has 2 fully saturated rings. The molecule has 1 atom stereocenters. The van der Waals surface area contributed by atoms with Gasteiger partial charge >= 0.3 is 6.09 Å². The van der Waals surface area contributed by atoms with E-state index in [2.05, 4.69) is 21.3 Å². The lowest BCUT2D eigenvalue weighted by molar-refractivity contribution is -0.140. The van der Waals surface area contributed by atoms with Gasteiger partial charge in [-0.2, -0.15) is 0 Å². The molecule has 5 rings (SSSR count). The Kier molecular flexibility index (Phi) is 6.30. The highest BCUT2D eigenvalue weighted by Gasteiger charge is 2.44. The summed E-state index contributed by atoms with van der Waals surface area (Å²) in [6, 6.07) is 6.23. The molecule has 1 aromatic heterocycles. The van der Waals surface area contributed by atoms with E-state index in [1.54, 1.807) is 0 Å². The first-order valence-corrected chi connectivity index (χ1v) is 13.1. The van der Waals surface area contributed by atoms with Gasteiger partial charge < -0.3 is 19.9 Å². The first-order chi connectivity index (χ1) is 16.2. The van der Waals surface area contributed by atoms with Crippen LogP contribution < -0.4 is 5.32 Å². The molecular formula is C27H36ClN3O3. The Morgan fingerprint density at radius 2 is 1.88 bits per heavy atom. The summed E-state index contributed by atoms with van der Waals surface area (Å²) in [5.74, 6) is 1.36. The van der Waals surface area contributed by atoms with E-state index in [0.29, 0.717) is 24.3 Å². The molecule has 2 saturated carbocycles. The summed E-state index contributed by atoms with van der Waals surface area (Å²) in [5.41, 5.74) is 3.19. The lowest BCUT2D eigenvalue weighted by Crippen LogP contribution is -2.45. The Bertz CT molecular complexity index is 1080. The van der Waals surface area contributed by atoms with Gasteiger partial charge in [0, 0.05) is 40.6 Å². The van der Waals surface area contributed by atoms with Gasteiger partial charge in [0.2, 0.25) is 5.91 Å². The monoisotopic (exact) mass is 485 g/mol. The molecule has 1 aliphatic heterocycles. The number of hydrogen-bond acceptors (Lipinski definition) is 3. The summed E-state index contributed by atoms with van der Waals surface area (Å²) < 4.78 is 5.34. The number of nitrogens with one attached hydrogen (secondary N) is 2. The summed E-state index contributed by atoms with van der Waals surface area (Å²) in [6.07, 6.45) is 6.61. The van der Waals surface area contributed by atoms with Gasteiger partial charge in [-0.1, -0.05) is 17.7 Å². The van der Waals surface area contributed by atoms with Crippen molar-refractivity contribution in [3.8, 4) is 0 Å². The van der Waals surface area contributed by atoms with Crippen molar-refractivity contribution in [1.29, 1.82) is 0 Å². The third-order valence-electron chi connectivity index (χ3n) is 7.62. The maximum Gasteiger partial charge on any atom is 0.407 e. The highest BCUT2D eigenvalue weighted by molar-refractivity contribution is 6.31. The highest BCUT2D eigenvalue weighted by Crippen LogP contribution is 2.49. The Balaban J connectivity index is 1.22. The molecular weight excluding hydrogens is 450 g/mol. The summed E-state index contributed by atoms with van der Waals surface area (Å²) in [5, 5.41) is 4.89. The molecule has 6 nitrogen and oxygen atoms in total. The molecule has 2 N–H and O–H groups in total. The van der Waals surface area contributed by atoms with Gasteiger partial charge in [0.1, 0.15) is 5.60 Å². The predicted octanol–water partition coefficient (Wildman–Crippen LogP) is 5.99. The molecule has 0 bridgehead atoms. The largest absolute Gasteiger partial charge is 0.444 e. The fourth-order valence-corrected chi connectivity index (χ4v) is 6.01. The van der Waals surface area contributed by atoms with Crippen molar-refractivity contribution in [1.82, 2.24) is 15.2 Å². The zero-order chi connectivity index (χ0) is 24.0. The van der Waals surface area contributed by atoms with E-state index in [1.807, 2.05) is 32.9 Å². The number of amides is 2. The van der Waals surface area contributed by atoms with Crippen molar-refractivity contribution in [2.75, 3.05) is 13.1 Å². The molecule has 2 aliphatic carbocycles. The smallest absolute Gasteiger partial charge is 0.407 e. The van der Waals surface area contributed by atoms with E-state index in [4.69, 9.17) is 16.3 Å². The van der Waals surface area contributed by atoms with Gasteiger partial charge in [-0.25, -0.2) is 4.79 Å². The molecule has 184 valence electrons. The summed E-state index contributed by atoms with van der Waals surface area (Å²) >= 11 is 6.24. The van der Waals surface area contributed by atoms with Crippen LogP contribution in [0.3, 0.4) is 0 Å². The van der Waals surface area contributed by atoms with Crippen LogP contribution in [-0.4, -0.2) is 40.6 Å². The van der Waals surface area contributed by atoms with E-state index in [0.717, 1.165) is 49.2 Å². The lowest BCUT2D eigenvalue weighted by atomic mass is 9.80. The van der Waals surface area contributed by atoms with Gasteiger partial charge in [0.15, 0.2) is 0 Å². The number of fused-ring (bicyclic) bond motifs is 3. The molecule has 0 spiro atoms. The average molecular weight is 486 g/mol. The number of aromatic nitrogens is 1. The Labute approximate surface area is 206 Å². The van der Waals surface area contributed by atoms with Crippen LogP contribution in [0.5, 0.6) is 0 Å². The minimum atomic E-state index is -0.488. The van der Waals surface area contributed by atoms with Crippen molar-refractivity contribution in [2.24, 2.45) is 17.8 Å². The fourth-order valence-electron chi connectivity index (χ4n) is 5.84. The summed E-state index contributed by atoms with van der Waals surface area (Å²) in [4.78, 5) is 31.5. The van der Waals surface area contributed by atoms with E-state index in [-0.39, 0.29) is 18.1 Å². The molecule has 3 aliphatic rings. The van der Waals surface area contributed by atoms with Crippen molar-refractivity contribution in [2.45, 2.75) is 77.4 Å². The van der Waals surface area contributed by atoms with Crippen molar-refractivity contribution < 1.29 is 14.3 Å². The SMILES string of the molecule is CC(C)(C)OC(=O)NC[C@H]1CC[C@H](C(=O)N2CCc3c([nH]c4cc(Cl)ccc34)C2C2CC2)CC1. The quantitative estimate of drug-likeness (QED) is 0.558. The number of benzene rings is 1. The van der Waals surface area contributed by atoms with Gasteiger partial charge in [-0.3, -0.25) is 4.79 Å². The number of hydrogen-bond donors (Lipinski definition) is 2. The van der Waals surface area contributed by atoms with Crippen LogP contribution in [0, 0.1) is 17.8 Å². The number of rotatable bonds is 4. The number of nitrogens with zero attached hydrogens (tertiary/aromatic N) is 1. The minimum Gasteiger partial charge on any atom is -0.444 e. The third kappa shape index (κ3) is 4.93. The third-order valence-corrected chi connectivity index (χ3v) is 7.85. The molecule has 2 heterocycles. The second-order valence-electron chi connectivity index (χ2n) is 11.4. The van der Waals surface area contributed by atoms with Gasteiger partial charge in [0.05, 0.1) is 6.04 Å². The topological polar surface area (TPSA) is 74.4 Å². The van der Waals surface area contributed by atoms with Crippen molar-refractivity contribution in [3.05, 3.63) is 34.5 Å². The number of aromatic amines is 1. The average Bonchev–Trinajstić information content (AvgIpc) is 3.56. The van der Waals surface area contributed by atoms with Crippen LogP contribution >= 0.6 is 11.6 Å². The van der Waals surface area contributed by atoms with Crippen LogP contribution in [0.2, 0.25) is 5.02 Å². The minimum absolute atomic E-state index is 0.0828. The number of carbonyl (C=O) groups excluding carboxylic acids is 2. The zero-order valence-corrected chi connectivity index (χ0v) is 21.2. The number of ether oxygens (including phenoxy) is 1. The Morgan fingerprint density at radius 1 is 1.15 bits per heavy atom. The van der Waals surface area contributed by atoms with Gasteiger partial charge in [-0.05, 0) is 95.2 Å². The lowest BCUT2D eigenvalue weighted by Gasteiger charge is -2.39. The van der Waals surface area contributed by atoms with Crippen LogP contribution in [0.1, 0.15) is 76.6 Å². The van der Waals surface area contributed by atoms with Gasteiger partial charge in [0.25, 0.3) is 0 Å². The van der Waals surface area contributed by atoms with E-state index in [1.165, 1.54) is 29.5 Å². The van der Waals surface area contributed by atoms with Crippen LogP contribution in [0.15, 0.2) is 18.2 Å². The molecule has 34 heavy (non-hydrogen) atoms. The van der Waals surface area contributed by atoms with Gasteiger partial charge in [-0.15, -0.1) is 0 Å². The highest BCUT2D eigenvalue weighted by atomic mass is 35.5. The molecule has 0 radical (unpaired) electrons. The van der Waals surface area contributed by atoms with Crippen molar-refractivity contribution >= 4 is 34.5 Å². The maximum atomic E-state index is 13.7. The second-order valence-corrected chi connectivity index (χ2v) is 11.8. The first kappa shape index (κ1) is 23.5. The molecule has 2 amide bonds. The van der Waals surface area contributed by atoms with Crippen LogP contribution in [0.25, 0.3) is 10.9 Å². The standard InChI is InChI=1S/C27H36ClN3O3/c1-27(2,3)34-26(33)29-15-16-4-6-18(7-5-16)25(32)31-13-12-21-20-11-10-19(28)14-22(20)30-23(21)24(31)17-8-9-17/h10-11,14,16-18,24,30H,4-9,12-13,15H2,1-3H3,(H,29,33)/t16-,18-,24?. The normalized spacial score (nSPS) is 25.2. The first-order valence-electron chi connectivity index (χ1n) is 12.8. The number of halogens is 1. The fraction of sp³-hybridized carbons (Fsp3) is 0.630. The van der Waals surface area contributed by atoms with Crippen LogP contribution in [-0.2, 0) is 16.0 Å².